The third-order valence-electron chi connectivity index (χ3n) is 2.66. The van der Waals surface area contributed by atoms with E-state index < -0.39 is 5.60 Å². The van der Waals surface area contributed by atoms with Crippen molar-refractivity contribution in [3.05, 3.63) is 0 Å². The van der Waals surface area contributed by atoms with Crippen LogP contribution in [-0.4, -0.2) is 40.9 Å². The SMILES string of the molecule is CC(C)(C)OC(=O)N1CC(C)(C)[C@@H]1CO. The molecule has 4 heteroatoms. The number of carbonyl (C=O) groups is 1. The first kappa shape index (κ1) is 12.3. The zero-order valence-corrected chi connectivity index (χ0v) is 10.2. The molecule has 88 valence electrons. The number of aliphatic hydroxyl groups excluding tert-OH is 1. The molecule has 1 fully saturated rings. The molecule has 1 heterocycles. The summed E-state index contributed by atoms with van der Waals surface area (Å²) in [4.78, 5) is 13.3. The standard InChI is InChI=1S/C11H21NO3/c1-10(2,3)15-9(14)12-7-11(4,5)8(12)6-13/h8,13H,6-7H2,1-5H3/t8-/m0/s1. The Kier molecular flexibility index (Phi) is 3.01. The Morgan fingerprint density at radius 3 is 2.40 bits per heavy atom. The minimum absolute atomic E-state index is 0.00770. The average Bonchev–Trinajstić information content (AvgIpc) is 1.97. The molecule has 1 amide bonds. The van der Waals surface area contributed by atoms with E-state index in [-0.39, 0.29) is 24.2 Å². The molecule has 1 atom stereocenters. The summed E-state index contributed by atoms with van der Waals surface area (Å²) in [6.07, 6.45) is -0.333. The smallest absolute Gasteiger partial charge is 0.410 e. The molecule has 0 spiro atoms. The third-order valence-corrected chi connectivity index (χ3v) is 2.66. The molecule has 0 aromatic carbocycles. The lowest BCUT2D eigenvalue weighted by atomic mass is 9.75. The lowest BCUT2D eigenvalue weighted by molar-refractivity contribution is -0.0815. The first-order chi connectivity index (χ1) is 6.67. The van der Waals surface area contributed by atoms with Crippen LogP contribution < -0.4 is 0 Å². The normalized spacial score (nSPS) is 24.7. The number of rotatable bonds is 1. The van der Waals surface area contributed by atoms with E-state index in [4.69, 9.17) is 4.74 Å². The van der Waals surface area contributed by atoms with Crippen molar-refractivity contribution in [1.29, 1.82) is 0 Å². The van der Waals surface area contributed by atoms with Crippen LogP contribution in [0.5, 0.6) is 0 Å². The Balaban J connectivity index is 2.57. The number of ether oxygens (including phenoxy) is 1. The molecule has 4 nitrogen and oxygen atoms in total. The zero-order valence-electron chi connectivity index (χ0n) is 10.2. The number of aliphatic hydroxyl groups is 1. The average molecular weight is 215 g/mol. The highest BCUT2D eigenvalue weighted by Gasteiger charge is 2.48. The van der Waals surface area contributed by atoms with Gasteiger partial charge in [0.2, 0.25) is 0 Å². The Labute approximate surface area is 91.2 Å². The van der Waals surface area contributed by atoms with E-state index >= 15 is 0 Å². The van der Waals surface area contributed by atoms with Crippen LogP contribution in [0.3, 0.4) is 0 Å². The van der Waals surface area contributed by atoms with Crippen molar-refractivity contribution in [2.45, 2.75) is 46.3 Å². The van der Waals surface area contributed by atoms with Gasteiger partial charge in [-0.1, -0.05) is 13.8 Å². The van der Waals surface area contributed by atoms with Crippen molar-refractivity contribution in [2.75, 3.05) is 13.2 Å². The van der Waals surface area contributed by atoms with Gasteiger partial charge in [-0.15, -0.1) is 0 Å². The van der Waals surface area contributed by atoms with Crippen molar-refractivity contribution in [1.82, 2.24) is 4.90 Å². The summed E-state index contributed by atoms with van der Waals surface area (Å²) in [5.41, 5.74) is -0.484. The molecule has 0 aromatic rings. The van der Waals surface area contributed by atoms with E-state index in [0.29, 0.717) is 6.54 Å². The molecule has 0 unspecified atom stereocenters. The van der Waals surface area contributed by atoms with E-state index in [1.54, 1.807) is 4.90 Å². The Hall–Kier alpha value is -0.770. The Morgan fingerprint density at radius 2 is 2.07 bits per heavy atom. The fraction of sp³-hybridized carbons (Fsp3) is 0.909. The second kappa shape index (κ2) is 3.67. The van der Waals surface area contributed by atoms with E-state index in [1.165, 1.54) is 0 Å². The van der Waals surface area contributed by atoms with Gasteiger partial charge in [0.25, 0.3) is 0 Å². The highest BCUT2D eigenvalue weighted by molar-refractivity contribution is 5.70. The molecule has 0 aromatic heterocycles. The fourth-order valence-corrected chi connectivity index (χ4v) is 1.82. The van der Waals surface area contributed by atoms with Crippen LogP contribution in [-0.2, 0) is 4.74 Å². The predicted octanol–water partition coefficient (Wildman–Crippen LogP) is 1.62. The number of hydrogen-bond acceptors (Lipinski definition) is 3. The van der Waals surface area contributed by atoms with E-state index in [2.05, 4.69) is 0 Å². The van der Waals surface area contributed by atoms with Crippen LogP contribution in [0.15, 0.2) is 0 Å². The predicted molar refractivity (Wildman–Crippen MR) is 57.6 cm³/mol. The molecular formula is C11H21NO3. The lowest BCUT2D eigenvalue weighted by Crippen LogP contribution is -2.65. The van der Waals surface area contributed by atoms with Gasteiger partial charge in [-0.05, 0) is 20.8 Å². The topological polar surface area (TPSA) is 49.8 Å². The number of nitrogens with zero attached hydrogens (tertiary/aromatic N) is 1. The van der Waals surface area contributed by atoms with E-state index in [1.807, 2.05) is 34.6 Å². The highest BCUT2D eigenvalue weighted by atomic mass is 16.6. The van der Waals surface area contributed by atoms with Crippen LogP contribution in [0.4, 0.5) is 4.79 Å². The van der Waals surface area contributed by atoms with Gasteiger partial charge in [0.15, 0.2) is 0 Å². The summed E-state index contributed by atoms with van der Waals surface area (Å²) in [7, 11) is 0. The molecule has 1 aliphatic heterocycles. The molecule has 1 saturated heterocycles. The maximum atomic E-state index is 11.7. The van der Waals surface area contributed by atoms with Gasteiger partial charge in [-0.3, -0.25) is 0 Å². The molecular weight excluding hydrogens is 194 g/mol. The summed E-state index contributed by atoms with van der Waals surface area (Å²) >= 11 is 0. The number of hydrogen-bond donors (Lipinski definition) is 1. The Morgan fingerprint density at radius 1 is 1.53 bits per heavy atom. The third kappa shape index (κ3) is 2.62. The summed E-state index contributed by atoms with van der Waals surface area (Å²) < 4.78 is 5.24. The van der Waals surface area contributed by atoms with E-state index in [9.17, 15) is 9.90 Å². The molecule has 0 aliphatic carbocycles. The van der Waals surface area contributed by atoms with Crippen molar-refractivity contribution in [3.63, 3.8) is 0 Å². The van der Waals surface area contributed by atoms with Crippen molar-refractivity contribution in [2.24, 2.45) is 5.41 Å². The monoisotopic (exact) mass is 215 g/mol. The highest BCUT2D eigenvalue weighted by Crippen LogP contribution is 2.37. The second-order valence-electron chi connectivity index (χ2n) is 5.80. The number of carbonyl (C=O) groups excluding carboxylic acids is 1. The first-order valence-electron chi connectivity index (χ1n) is 5.28. The van der Waals surface area contributed by atoms with Crippen LogP contribution in [0, 0.1) is 5.41 Å². The van der Waals surface area contributed by atoms with Gasteiger partial charge in [0, 0.05) is 12.0 Å². The molecule has 1 N–H and O–H groups in total. The second-order valence-corrected chi connectivity index (χ2v) is 5.80. The number of amides is 1. The largest absolute Gasteiger partial charge is 0.444 e. The van der Waals surface area contributed by atoms with Gasteiger partial charge in [0.05, 0.1) is 12.6 Å². The Bertz CT molecular complexity index is 255. The van der Waals surface area contributed by atoms with Gasteiger partial charge in [-0.2, -0.15) is 0 Å². The van der Waals surface area contributed by atoms with Gasteiger partial charge in [-0.25, -0.2) is 4.79 Å². The van der Waals surface area contributed by atoms with Crippen LogP contribution in [0.1, 0.15) is 34.6 Å². The van der Waals surface area contributed by atoms with Crippen LogP contribution >= 0.6 is 0 Å². The quantitative estimate of drug-likeness (QED) is 0.723. The van der Waals surface area contributed by atoms with Gasteiger partial charge >= 0.3 is 6.09 Å². The maximum Gasteiger partial charge on any atom is 0.410 e. The van der Waals surface area contributed by atoms with Crippen molar-refractivity contribution < 1.29 is 14.6 Å². The minimum atomic E-state index is -0.475. The lowest BCUT2D eigenvalue weighted by Gasteiger charge is -2.53. The molecule has 1 aliphatic rings. The summed E-state index contributed by atoms with van der Waals surface area (Å²) in [6, 6.07) is -0.118. The molecule has 0 radical (unpaired) electrons. The van der Waals surface area contributed by atoms with Crippen molar-refractivity contribution >= 4 is 6.09 Å². The zero-order chi connectivity index (χ0) is 11.9. The van der Waals surface area contributed by atoms with Crippen LogP contribution in [0.2, 0.25) is 0 Å². The van der Waals surface area contributed by atoms with E-state index in [0.717, 1.165) is 0 Å². The van der Waals surface area contributed by atoms with Gasteiger partial charge < -0.3 is 14.7 Å². The fourth-order valence-electron chi connectivity index (χ4n) is 1.82. The summed E-state index contributed by atoms with van der Waals surface area (Å²) in [5, 5.41) is 9.19. The minimum Gasteiger partial charge on any atom is -0.444 e. The maximum absolute atomic E-state index is 11.7. The summed E-state index contributed by atoms with van der Waals surface area (Å²) in [6.45, 7) is 10.2. The molecule has 15 heavy (non-hydrogen) atoms. The summed E-state index contributed by atoms with van der Waals surface area (Å²) in [5.74, 6) is 0. The first-order valence-corrected chi connectivity index (χ1v) is 5.28. The number of likely N-dealkylation sites (tertiary alicyclic amines) is 1. The molecule has 0 bridgehead atoms. The molecule has 0 saturated carbocycles. The van der Waals surface area contributed by atoms with Crippen LogP contribution in [0.25, 0.3) is 0 Å². The van der Waals surface area contributed by atoms with Crippen molar-refractivity contribution in [3.8, 4) is 0 Å². The van der Waals surface area contributed by atoms with Gasteiger partial charge in [0.1, 0.15) is 5.60 Å². The molecule has 1 rings (SSSR count).